The molecular weight excluding hydrogens is 454 g/mol. The number of thioether (sulfide) groups is 1. The first kappa shape index (κ1) is 22.8. The van der Waals surface area contributed by atoms with Crippen LogP contribution < -0.4 is 0 Å². The molecule has 0 unspecified atom stereocenters. The standard InChI is InChI=1S/C27H30ClNO3S/c1-17-14-18-12-13-20(28)15-19(18)16-23(17)24(32-22-10-6-3-7-11-22)25-26(30)29(27(31)33-25)21-8-4-2-5-9-21/h12-16,21-22H,2-11H2,1H3. The minimum atomic E-state index is -0.187. The number of amides is 2. The van der Waals surface area contributed by atoms with Crippen LogP contribution in [0.25, 0.3) is 16.5 Å². The number of carbonyl (C=O) groups excluding carboxylic acids is 2. The van der Waals surface area contributed by atoms with Crippen LogP contribution in [0.4, 0.5) is 4.79 Å². The normalized spacial score (nSPS) is 22.3. The zero-order chi connectivity index (χ0) is 22.9. The van der Waals surface area contributed by atoms with E-state index in [2.05, 4.69) is 12.1 Å². The number of carbonyl (C=O) groups is 2. The summed E-state index contributed by atoms with van der Waals surface area (Å²) in [7, 11) is 0. The highest BCUT2D eigenvalue weighted by molar-refractivity contribution is 8.18. The number of aryl methyl sites for hydroxylation is 1. The third-order valence-corrected chi connectivity index (χ3v) is 8.34. The van der Waals surface area contributed by atoms with Crippen LogP contribution in [0.1, 0.15) is 75.3 Å². The first-order valence-corrected chi connectivity index (χ1v) is 13.4. The highest BCUT2D eigenvalue weighted by atomic mass is 35.5. The van der Waals surface area contributed by atoms with Crippen LogP contribution in [-0.4, -0.2) is 28.2 Å². The lowest BCUT2D eigenvalue weighted by atomic mass is 9.94. The van der Waals surface area contributed by atoms with Crippen LogP contribution >= 0.6 is 23.4 Å². The Balaban J connectivity index is 1.59. The van der Waals surface area contributed by atoms with Gasteiger partial charge in [-0.3, -0.25) is 14.5 Å². The van der Waals surface area contributed by atoms with Gasteiger partial charge in [0.2, 0.25) is 0 Å². The van der Waals surface area contributed by atoms with E-state index in [9.17, 15) is 9.59 Å². The lowest BCUT2D eigenvalue weighted by molar-refractivity contribution is -0.124. The van der Waals surface area contributed by atoms with Gasteiger partial charge in [-0.05, 0) is 91.7 Å². The van der Waals surface area contributed by atoms with Gasteiger partial charge in [0.1, 0.15) is 10.7 Å². The molecule has 4 nitrogen and oxygen atoms in total. The smallest absolute Gasteiger partial charge is 0.293 e. The lowest BCUT2D eigenvalue weighted by Crippen LogP contribution is -2.40. The van der Waals surface area contributed by atoms with E-state index in [1.54, 1.807) is 0 Å². The van der Waals surface area contributed by atoms with E-state index in [1.807, 2.05) is 25.1 Å². The number of hydrogen-bond acceptors (Lipinski definition) is 4. The van der Waals surface area contributed by atoms with Gasteiger partial charge in [-0.15, -0.1) is 0 Å². The van der Waals surface area contributed by atoms with Crippen LogP contribution in [0.3, 0.4) is 0 Å². The maximum Gasteiger partial charge on any atom is 0.293 e. The Labute approximate surface area is 204 Å². The molecule has 2 amide bonds. The Morgan fingerprint density at radius 1 is 0.939 bits per heavy atom. The van der Waals surface area contributed by atoms with E-state index < -0.39 is 0 Å². The van der Waals surface area contributed by atoms with Gasteiger partial charge in [0.15, 0.2) is 0 Å². The topological polar surface area (TPSA) is 46.6 Å². The van der Waals surface area contributed by atoms with Crippen molar-refractivity contribution in [3.8, 4) is 0 Å². The number of rotatable bonds is 4. The SMILES string of the molecule is Cc1cc2ccc(Cl)cc2cc1C(OC1CCCCC1)=C1SC(=O)N(C2CCCCC2)C1=O. The molecule has 3 fully saturated rings. The lowest BCUT2D eigenvalue weighted by Gasteiger charge is -2.29. The highest BCUT2D eigenvalue weighted by Crippen LogP contribution is 2.43. The van der Waals surface area contributed by atoms with Crippen LogP contribution in [-0.2, 0) is 9.53 Å². The number of imide groups is 1. The van der Waals surface area contributed by atoms with Crippen LogP contribution in [0.5, 0.6) is 0 Å². The van der Waals surface area contributed by atoms with Crippen molar-refractivity contribution < 1.29 is 14.3 Å². The number of hydrogen-bond donors (Lipinski definition) is 0. The molecule has 2 aromatic carbocycles. The second kappa shape index (κ2) is 9.71. The van der Waals surface area contributed by atoms with Crippen molar-refractivity contribution in [3.05, 3.63) is 51.4 Å². The monoisotopic (exact) mass is 483 g/mol. The molecule has 6 heteroatoms. The zero-order valence-electron chi connectivity index (χ0n) is 19.1. The molecule has 5 rings (SSSR count). The van der Waals surface area contributed by atoms with Gasteiger partial charge >= 0.3 is 0 Å². The third-order valence-electron chi connectivity index (χ3n) is 7.17. The van der Waals surface area contributed by atoms with E-state index in [4.69, 9.17) is 16.3 Å². The highest BCUT2D eigenvalue weighted by Gasteiger charge is 2.43. The predicted molar refractivity (Wildman–Crippen MR) is 135 cm³/mol. The molecule has 1 saturated heterocycles. The summed E-state index contributed by atoms with van der Waals surface area (Å²) < 4.78 is 6.60. The summed E-state index contributed by atoms with van der Waals surface area (Å²) in [5.74, 6) is 0.385. The largest absolute Gasteiger partial charge is 0.488 e. The number of benzene rings is 2. The summed E-state index contributed by atoms with van der Waals surface area (Å²) in [4.78, 5) is 28.6. The molecule has 1 aliphatic heterocycles. The second-order valence-corrected chi connectivity index (χ2v) is 10.9. The molecule has 2 aliphatic carbocycles. The number of halogens is 1. The van der Waals surface area contributed by atoms with Crippen molar-refractivity contribution in [2.45, 2.75) is 83.3 Å². The molecular formula is C27H30ClNO3S. The Morgan fingerprint density at radius 3 is 2.36 bits per heavy atom. The molecule has 3 aliphatic rings. The first-order valence-electron chi connectivity index (χ1n) is 12.2. The molecule has 0 spiro atoms. The summed E-state index contributed by atoms with van der Waals surface area (Å²) in [5.41, 5.74) is 1.91. The summed E-state index contributed by atoms with van der Waals surface area (Å²) in [5, 5.41) is 2.60. The minimum Gasteiger partial charge on any atom is -0.488 e. The van der Waals surface area contributed by atoms with Crippen LogP contribution in [0.2, 0.25) is 5.02 Å². The quantitative estimate of drug-likeness (QED) is 0.328. The number of nitrogens with zero attached hydrogens (tertiary/aromatic N) is 1. The third kappa shape index (κ3) is 4.67. The van der Waals surface area contributed by atoms with Crippen molar-refractivity contribution in [2.75, 3.05) is 0 Å². The fourth-order valence-electron chi connectivity index (χ4n) is 5.39. The first-order chi connectivity index (χ1) is 16.0. The molecule has 0 bridgehead atoms. The Kier molecular flexibility index (Phi) is 6.71. The van der Waals surface area contributed by atoms with E-state index in [1.165, 1.54) is 17.7 Å². The van der Waals surface area contributed by atoms with Gasteiger partial charge in [-0.1, -0.05) is 49.4 Å². The second-order valence-electron chi connectivity index (χ2n) is 9.53. The molecule has 2 aromatic rings. The molecule has 33 heavy (non-hydrogen) atoms. The van der Waals surface area contributed by atoms with Gasteiger partial charge in [-0.2, -0.15) is 0 Å². The van der Waals surface area contributed by atoms with Crippen molar-refractivity contribution in [3.63, 3.8) is 0 Å². The summed E-state index contributed by atoms with van der Waals surface area (Å²) in [6, 6.07) is 10.0. The van der Waals surface area contributed by atoms with E-state index >= 15 is 0 Å². The van der Waals surface area contributed by atoms with Gasteiger partial charge in [-0.25, -0.2) is 0 Å². The van der Waals surface area contributed by atoms with Crippen molar-refractivity contribution in [1.82, 2.24) is 4.90 Å². The average molecular weight is 484 g/mol. The fraction of sp³-hybridized carbons (Fsp3) is 0.481. The van der Waals surface area contributed by atoms with Crippen molar-refractivity contribution >= 4 is 51.0 Å². The summed E-state index contributed by atoms with van der Waals surface area (Å²) in [6.45, 7) is 2.04. The average Bonchev–Trinajstić information content (AvgIpc) is 3.12. The van der Waals surface area contributed by atoms with Gasteiger partial charge in [0.25, 0.3) is 11.1 Å². The predicted octanol–water partition coefficient (Wildman–Crippen LogP) is 7.85. The minimum absolute atomic E-state index is 0.0104. The fourth-order valence-corrected chi connectivity index (χ4v) is 6.51. The molecule has 0 N–H and O–H groups in total. The zero-order valence-corrected chi connectivity index (χ0v) is 20.6. The Hall–Kier alpha value is -1.98. The molecule has 2 saturated carbocycles. The van der Waals surface area contributed by atoms with Crippen LogP contribution in [0.15, 0.2) is 35.2 Å². The number of fused-ring (bicyclic) bond motifs is 1. The maximum absolute atomic E-state index is 13.6. The summed E-state index contributed by atoms with van der Waals surface area (Å²) in [6.07, 6.45) is 10.6. The Bertz CT molecular complexity index is 1120. The van der Waals surface area contributed by atoms with E-state index in [-0.39, 0.29) is 23.3 Å². The summed E-state index contributed by atoms with van der Waals surface area (Å²) >= 11 is 7.32. The van der Waals surface area contributed by atoms with Crippen molar-refractivity contribution in [2.24, 2.45) is 0 Å². The van der Waals surface area contributed by atoms with Gasteiger partial charge < -0.3 is 4.74 Å². The number of ether oxygens (including phenoxy) is 1. The molecule has 1 heterocycles. The Morgan fingerprint density at radius 2 is 1.64 bits per heavy atom. The van der Waals surface area contributed by atoms with E-state index in [0.29, 0.717) is 15.7 Å². The van der Waals surface area contributed by atoms with Crippen LogP contribution in [0, 0.1) is 6.92 Å². The molecule has 0 aromatic heterocycles. The molecule has 174 valence electrons. The maximum atomic E-state index is 13.6. The van der Waals surface area contributed by atoms with Gasteiger partial charge in [0, 0.05) is 16.6 Å². The molecule has 0 atom stereocenters. The van der Waals surface area contributed by atoms with E-state index in [0.717, 1.165) is 85.0 Å². The van der Waals surface area contributed by atoms with Crippen molar-refractivity contribution in [1.29, 1.82) is 0 Å². The van der Waals surface area contributed by atoms with Gasteiger partial charge in [0.05, 0.1) is 6.10 Å². The molecule has 0 radical (unpaired) electrons.